The Labute approximate surface area is 200 Å². The van der Waals surface area contributed by atoms with Crippen molar-refractivity contribution >= 4 is 35.2 Å². The highest BCUT2D eigenvalue weighted by molar-refractivity contribution is 7.99. The molecular weight excluding hydrogens is 456 g/mol. The molecule has 1 aromatic heterocycles. The van der Waals surface area contributed by atoms with Crippen LogP contribution in [0.3, 0.4) is 0 Å². The summed E-state index contributed by atoms with van der Waals surface area (Å²) in [7, 11) is 0. The van der Waals surface area contributed by atoms with Crippen molar-refractivity contribution in [2.24, 2.45) is 0 Å². The van der Waals surface area contributed by atoms with Crippen LogP contribution in [-0.4, -0.2) is 43.8 Å². The molecule has 2 amide bonds. The monoisotopic (exact) mass is 474 g/mol. The number of fused-ring (bicyclic) bond motifs is 1. The Morgan fingerprint density at radius 3 is 2.24 bits per heavy atom. The first kappa shape index (κ1) is 21.4. The molecule has 6 nitrogen and oxygen atoms in total. The first-order chi connectivity index (χ1) is 16.0. The van der Waals surface area contributed by atoms with Crippen molar-refractivity contribution in [3.05, 3.63) is 94.5 Å². The third-order valence-electron chi connectivity index (χ3n) is 5.42. The van der Waals surface area contributed by atoms with Crippen LogP contribution < -0.4 is 0 Å². The summed E-state index contributed by atoms with van der Waals surface area (Å²) in [6.07, 6.45) is 0. The summed E-state index contributed by atoms with van der Waals surface area (Å²) in [6.45, 7) is 2.32. The number of thioether (sulfide) groups is 1. The van der Waals surface area contributed by atoms with Crippen molar-refractivity contribution in [2.75, 3.05) is 12.3 Å². The van der Waals surface area contributed by atoms with Gasteiger partial charge in [0.15, 0.2) is 11.0 Å². The lowest BCUT2D eigenvalue weighted by Crippen LogP contribution is -2.31. The van der Waals surface area contributed by atoms with E-state index in [1.807, 2.05) is 54.0 Å². The second-order valence-electron chi connectivity index (χ2n) is 7.64. The van der Waals surface area contributed by atoms with Crippen LogP contribution in [0.25, 0.3) is 17.1 Å². The zero-order valence-electron chi connectivity index (χ0n) is 17.7. The highest BCUT2D eigenvalue weighted by atomic mass is 35.5. The molecule has 0 unspecified atom stereocenters. The number of amides is 2. The fourth-order valence-corrected chi connectivity index (χ4v) is 4.82. The Morgan fingerprint density at radius 1 is 0.879 bits per heavy atom. The summed E-state index contributed by atoms with van der Waals surface area (Å²) >= 11 is 7.52. The lowest BCUT2D eigenvalue weighted by Gasteiger charge is -2.14. The van der Waals surface area contributed by atoms with Gasteiger partial charge in [-0.2, -0.15) is 0 Å². The molecule has 0 aliphatic carbocycles. The molecular formula is C25H19ClN4O2S. The Morgan fingerprint density at radius 2 is 1.58 bits per heavy atom. The maximum atomic E-state index is 12.6. The van der Waals surface area contributed by atoms with Crippen LogP contribution in [-0.2, 0) is 0 Å². The second kappa shape index (κ2) is 8.84. The Kier molecular flexibility index (Phi) is 5.74. The zero-order valence-corrected chi connectivity index (χ0v) is 19.3. The molecule has 0 saturated carbocycles. The number of benzene rings is 3. The molecule has 0 N–H and O–H groups in total. The van der Waals surface area contributed by atoms with E-state index in [2.05, 4.69) is 16.3 Å². The molecule has 2 heterocycles. The van der Waals surface area contributed by atoms with E-state index in [1.54, 1.807) is 24.3 Å². The quantitative estimate of drug-likeness (QED) is 0.281. The minimum atomic E-state index is -0.252. The number of hydrogen-bond donors (Lipinski definition) is 0. The first-order valence-corrected chi connectivity index (χ1v) is 11.8. The van der Waals surface area contributed by atoms with Gasteiger partial charge in [-0.05, 0) is 61.0 Å². The topological polar surface area (TPSA) is 68.1 Å². The van der Waals surface area contributed by atoms with Crippen molar-refractivity contribution in [3.8, 4) is 17.1 Å². The summed E-state index contributed by atoms with van der Waals surface area (Å²) in [4.78, 5) is 26.6. The molecule has 8 heteroatoms. The van der Waals surface area contributed by atoms with E-state index in [9.17, 15) is 9.59 Å². The minimum absolute atomic E-state index is 0.252. The molecule has 0 atom stereocenters. The van der Waals surface area contributed by atoms with Crippen LogP contribution in [0.2, 0.25) is 5.02 Å². The van der Waals surface area contributed by atoms with Crippen LogP contribution in [0.1, 0.15) is 26.3 Å². The van der Waals surface area contributed by atoms with E-state index in [0.29, 0.717) is 32.9 Å². The summed E-state index contributed by atoms with van der Waals surface area (Å²) in [6, 6.07) is 22.5. The largest absolute Gasteiger partial charge is 0.273 e. The SMILES string of the molecule is Cc1cccc(-n2c(SCCN3C(=O)c4ccccc4C3=O)nnc2-c2ccc(Cl)cc2)c1. The van der Waals surface area contributed by atoms with Crippen LogP contribution in [0.4, 0.5) is 0 Å². The second-order valence-corrected chi connectivity index (χ2v) is 9.14. The van der Waals surface area contributed by atoms with Crippen molar-refractivity contribution < 1.29 is 9.59 Å². The molecule has 3 aromatic carbocycles. The van der Waals surface area contributed by atoms with Crippen LogP contribution in [0, 0.1) is 6.92 Å². The first-order valence-electron chi connectivity index (χ1n) is 10.4. The van der Waals surface area contributed by atoms with Gasteiger partial charge in [-0.3, -0.25) is 19.1 Å². The average Bonchev–Trinajstić information content (AvgIpc) is 3.35. The van der Waals surface area contributed by atoms with Crippen molar-refractivity contribution in [1.29, 1.82) is 0 Å². The minimum Gasteiger partial charge on any atom is -0.273 e. The van der Waals surface area contributed by atoms with E-state index in [1.165, 1.54) is 16.7 Å². The summed E-state index contributed by atoms with van der Waals surface area (Å²) in [5.41, 5.74) is 3.86. The van der Waals surface area contributed by atoms with Gasteiger partial charge in [-0.1, -0.05) is 47.6 Å². The number of halogens is 1. The summed E-state index contributed by atoms with van der Waals surface area (Å²) in [5.74, 6) is 0.688. The average molecular weight is 475 g/mol. The lowest BCUT2D eigenvalue weighted by atomic mass is 10.1. The molecule has 5 rings (SSSR count). The highest BCUT2D eigenvalue weighted by Crippen LogP contribution is 2.30. The summed E-state index contributed by atoms with van der Waals surface area (Å²) in [5, 5.41) is 10.2. The third kappa shape index (κ3) is 4.05. The van der Waals surface area contributed by atoms with Gasteiger partial charge in [0.25, 0.3) is 11.8 Å². The standard InChI is InChI=1S/C25H19ClN4O2S/c1-16-5-4-6-19(15-16)30-22(17-9-11-18(26)12-10-17)27-28-25(30)33-14-13-29-23(31)20-7-2-3-8-21(20)24(29)32/h2-12,15H,13-14H2,1H3. The van der Waals surface area contributed by atoms with E-state index in [0.717, 1.165) is 16.8 Å². The number of carbonyl (C=O) groups excluding carboxylic acids is 2. The molecule has 0 spiro atoms. The van der Waals surface area contributed by atoms with Gasteiger partial charge in [0.2, 0.25) is 0 Å². The number of imide groups is 1. The fraction of sp³-hybridized carbons (Fsp3) is 0.120. The molecule has 0 saturated heterocycles. The van der Waals surface area contributed by atoms with Gasteiger partial charge in [0, 0.05) is 28.6 Å². The smallest absolute Gasteiger partial charge is 0.261 e. The lowest BCUT2D eigenvalue weighted by molar-refractivity contribution is 0.0664. The highest BCUT2D eigenvalue weighted by Gasteiger charge is 2.34. The Hall–Kier alpha value is -3.42. The normalized spacial score (nSPS) is 13.0. The van der Waals surface area contributed by atoms with Gasteiger partial charge in [0.1, 0.15) is 0 Å². The number of carbonyl (C=O) groups is 2. The third-order valence-corrected chi connectivity index (χ3v) is 6.58. The maximum absolute atomic E-state index is 12.6. The van der Waals surface area contributed by atoms with E-state index in [4.69, 9.17) is 11.6 Å². The number of hydrogen-bond acceptors (Lipinski definition) is 5. The van der Waals surface area contributed by atoms with Crippen LogP contribution in [0.5, 0.6) is 0 Å². The van der Waals surface area contributed by atoms with Crippen LogP contribution >= 0.6 is 23.4 Å². The van der Waals surface area contributed by atoms with E-state index < -0.39 is 0 Å². The molecule has 0 radical (unpaired) electrons. The predicted octanol–water partition coefficient (Wildman–Crippen LogP) is 5.28. The van der Waals surface area contributed by atoms with E-state index >= 15 is 0 Å². The number of aromatic nitrogens is 3. The number of aryl methyl sites for hydroxylation is 1. The van der Waals surface area contributed by atoms with Crippen LogP contribution in [0.15, 0.2) is 78.0 Å². The summed E-state index contributed by atoms with van der Waals surface area (Å²) < 4.78 is 1.99. The molecule has 1 aliphatic rings. The Bertz CT molecular complexity index is 1330. The number of nitrogens with zero attached hydrogens (tertiary/aromatic N) is 4. The van der Waals surface area contributed by atoms with Crippen molar-refractivity contribution in [1.82, 2.24) is 19.7 Å². The van der Waals surface area contributed by atoms with Gasteiger partial charge < -0.3 is 0 Å². The number of rotatable bonds is 6. The molecule has 0 bridgehead atoms. The zero-order chi connectivity index (χ0) is 22.9. The van der Waals surface area contributed by atoms with Gasteiger partial charge in [0.05, 0.1) is 11.1 Å². The van der Waals surface area contributed by atoms with Crippen molar-refractivity contribution in [2.45, 2.75) is 12.1 Å². The van der Waals surface area contributed by atoms with Gasteiger partial charge in [-0.25, -0.2) is 0 Å². The van der Waals surface area contributed by atoms with Gasteiger partial charge in [-0.15, -0.1) is 10.2 Å². The molecule has 1 aliphatic heterocycles. The molecule has 33 heavy (non-hydrogen) atoms. The molecule has 0 fully saturated rings. The fourth-order valence-electron chi connectivity index (χ4n) is 3.82. The van der Waals surface area contributed by atoms with E-state index in [-0.39, 0.29) is 18.4 Å². The molecule has 4 aromatic rings. The van der Waals surface area contributed by atoms with Gasteiger partial charge >= 0.3 is 0 Å². The van der Waals surface area contributed by atoms with Crippen molar-refractivity contribution in [3.63, 3.8) is 0 Å². The Balaban J connectivity index is 1.41. The maximum Gasteiger partial charge on any atom is 0.261 e. The predicted molar refractivity (Wildman–Crippen MR) is 129 cm³/mol. The molecule has 164 valence electrons.